The molecule has 0 bridgehead atoms. The number of carbonyl (C=O) groups excluding carboxylic acids is 2. The summed E-state index contributed by atoms with van der Waals surface area (Å²) in [6.07, 6.45) is -0.555. The monoisotopic (exact) mass is 325 g/mol. The summed E-state index contributed by atoms with van der Waals surface area (Å²) in [4.78, 5) is 42.2. The second-order valence-corrected chi connectivity index (χ2v) is 4.02. The molecule has 0 heterocycles. The molecule has 122 valence electrons. The number of hydrazone groups is 1. The van der Waals surface area contributed by atoms with E-state index in [0.29, 0.717) is 0 Å². The zero-order valence-corrected chi connectivity index (χ0v) is 11.7. The highest BCUT2D eigenvalue weighted by Gasteiger charge is 2.20. The molecule has 1 aromatic rings. The molecular weight excluding hydrogens is 314 g/mol. The molecule has 1 aromatic carbocycles. The van der Waals surface area contributed by atoms with Gasteiger partial charge in [0.05, 0.1) is 29.4 Å². The maximum absolute atomic E-state index is 11.4. The Bertz CT molecular complexity index is 700. The second-order valence-electron chi connectivity index (χ2n) is 4.02. The van der Waals surface area contributed by atoms with Crippen molar-refractivity contribution in [2.24, 2.45) is 10.8 Å². The molecule has 0 spiro atoms. The standard InChI is InChI=1S/C11H11N5O7/c1-23-11(18)8(5-10(12)17)14-13-7-3-2-6(15(19)20)4-9(7)16(21)22/h2-4,13H,5H2,1H3,(H2,12,17)/b14-8-. The van der Waals surface area contributed by atoms with Crippen LogP contribution < -0.4 is 11.2 Å². The van der Waals surface area contributed by atoms with Crippen LogP contribution in [0.25, 0.3) is 0 Å². The van der Waals surface area contributed by atoms with Gasteiger partial charge in [0.25, 0.3) is 5.69 Å². The molecular formula is C11H11N5O7. The first-order valence-electron chi connectivity index (χ1n) is 5.88. The average Bonchev–Trinajstić information content (AvgIpc) is 2.49. The zero-order chi connectivity index (χ0) is 17.6. The lowest BCUT2D eigenvalue weighted by atomic mass is 10.2. The number of nitro benzene ring substituents is 2. The summed E-state index contributed by atoms with van der Waals surface area (Å²) in [7, 11) is 1.05. The summed E-state index contributed by atoms with van der Waals surface area (Å²) in [6.45, 7) is 0. The fourth-order valence-electron chi connectivity index (χ4n) is 1.45. The lowest BCUT2D eigenvalue weighted by Crippen LogP contribution is -2.24. The van der Waals surface area contributed by atoms with Crippen molar-refractivity contribution < 1.29 is 24.2 Å². The molecule has 0 atom stereocenters. The maximum Gasteiger partial charge on any atom is 0.354 e. The Balaban J connectivity index is 3.17. The van der Waals surface area contributed by atoms with E-state index in [4.69, 9.17) is 5.73 Å². The number of amides is 1. The predicted molar refractivity (Wildman–Crippen MR) is 76.6 cm³/mol. The summed E-state index contributed by atoms with van der Waals surface area (Å²) in [5.41, 5.74) is 5.40. The van der Waals surface area contributed by atoms with Crippen LogP contribution in [0, 0.1) is 20.2 Å². The molecule has 0 aliphatic rings. The number of esters is 1. The number of hydrogen-bond donors (Lipinski definition) is 2. The molecule has 1 rings (SSSR count). The highest BCUT2D eigenvalue weighted by Crippen LogP contribution is 2.28. The number of anilines is 1. The lowest BCUT2D eigenvalue weighted by Gasteiger charge is -2.05. The van der Waals surface area contributed by atoms with Gasteiger partial charge in [0.15, 0.2) is 5.71 Å². The minimum atomic E-state index is -0.958. The highest BCUT2D eigenvalue weighted by molar-refractivity contribution is 6.39. The van der Waals surface area contributed by atoms with Crippen molar-refractivity contribution in [1.82, 2.24) is 0 Å². The molecule has 12 nitrogen and oxygen atoms in total. The zero-order valence-electron chi connectivity index (χ0n) is 11.7. The molecule has 1 amide bonds. The third-order valence-corrected chi connectivity index (χ3v) is 2.46. The maximum atomic E-state index is 11.4. The van der Waals surface area contributed by atoms with Gasteiger partial charge < -0.3 is 10.5 Å². The van der Waals surface area contributed by atoms with Gasteiger partial charge in [-0.1, -0.05) is 0 Å². The van der Waals surface area contributed by atoms with Gasteiger partial charge in [-0.05, 0) is 6.07 Å². The predicted octanol–water partition coefficient (Wildman–Crippen LogP) is 0.319. The summed E-state index contributed by atoms with van der Waals surface area (Å²) in [6, 6.07) is 2.78. The molecule has 0 aromatic heterocycles. The Hall–Kier alpha value is -3.57. The largest absolute Gasteiger partial charge is 0.464 e. The SMILES string of the molecule is COC(=O)/C(CC(N)=O)=N\Nc1ccc([N+](=O)[O-])cc1[N+](=O)[O-]. The Morgan fingerprint density at radius 3 is 2.43 bits per heavy atom. The van der Waals surface area contributed by atoms with Gasteiger partial charge in [-0.3, -0.25) is 30.4 Å². The highest BCUT2D eigenvalue weighted by atomic mass is 16.6. The van der Waals surface area contributed by atoms with Gasteiger partial charge in [-0.15, -0.1) is 0 Å². The van der Waals surface area contributed by atoms with Crippen LogP contribution in [0.5, 0.6) is 0 Å². The number of rotatable bonds is 7. The number of ether oxygens (including phenoxy) is 1. The number of hydrogen-bond acceptors (Lipinski definition) is 9. The molecule has 3 N–H and O–H groups in total. The van der Waals surface area contributed by atoms with Gasteiger partial charge >= 0.3 is 11.7 Å². The Labute approximate surface area is 128 Å². The summed E-state index contributed by atoms with van der Waals surface area (Å²) >= 11 is 0. The van der Waals surface area contributed by atoms with Crippen LogP contribution in [0.1, 0.15) is 6.42 Å². The van der Waals surface area contributed by atoms with Crippen molar-refractivity contribution >= 4 is 34.7 Å². The smallest absolute Gasteiger partial charge is 0.354 e. The van der Waals surface area contributed by atoms with E-state index in [1.165, 1.54) is 0 Å². The molecule has 0 fully saturated rings. The van der Waals surface area contributed by atoms with E-state index in [1.54, 1.807) is 0 Å². The number of nitrogens with zero attached hydrogens (tertiary/aromatic N) is 3. The van der Waals surface area contributed by atoms with Crippen LogP contribution in [0.4, 0.5) is 17.1 Å². The van der Waals surface area contributed by atoms with E-state index in [-0.39, 0.29) is 5.69 Å². The van der Waals surface area contributed by atoms with E-state index in [2.05, 4.69) is 15.3 Å². The van der Waals surface area contributed by atoms with Crippen molar-refractivity contribution in [2.45, 2.75) is 6.42 Å². The first-order chi connectivity index (χ1) is 10.8. The normalized spacial score (nSPS) is 10.7. The molecule has 0 radical (unpaired) electrons. The molecule has 0 aliphatic heterocycles. The Morgan fingerprint density at radius 1 is 1.30 bits per heavy atom. The van der Waals surface area contributed by atoms with E-state index in [9.17, 15) is 29.8 Å². The fraction of sp³-hybridized carbons (Fsp3) is 0.182. The van der Waals surface area contributed by atoms with Gasteiger partial charge in [0.2, 0.25) is 5.91 Å². The molecule has 0 aliphatic carbocycles. The molecule has 0 saturated carbocycles. The second kappa shape index (κ2) is 7.44. The van der Waals surface area contributed by atoms with Crippen LogP contribution in [0.2, 0.25) is 0 Å². The number of nitrogens with one attached hydrogen (secondary N) is 1. The van der Waals surface area contributed by atoms with E-state index in [1.807, 2.05) is 0 Å². The van der Waals surface area contributed by atoms with Gasteiger partial charge in [-0.2, -0.15) is 5.10 Å². The van der Waals surface area contributed by atoms with Crippen LogP contribution >= 0.6 is 0 Å². The van der Waals surface area contributed by atoms with Crippen molar-refractivity contribution in [3.05, 3.63) is 38.4 Å². The van der Waals surface area contributed by atoms with Gasteiger partial charge in [-0.25, -0.2) is 4.79 Å². The number of methoxy groups -OCH3 is 1. The molecule has 0 unspecified atom stereocenters. The molecule has 23 heavy (non-hydrogen) atoms. The van der Waals surface area contributed by atoms with Gasteiger partial charge in [0.1, 0.15) is 5.69 Å². The Kier molecular flexibility index (Phi) is 5.66. The van der Waals surface area contributed by atoms with Crippen LogP contribution in [0.3, 0.4) is 0 Å². The number of nitro groups is 2. The number of benzene rings is 1. The third kappa shape index (κ3) is 4.73. The number of non-ortho nitro benzene ring substituents is 1. The van der Waals surface area contributed by atoms with Crippen molar-refractivity contribution in [2.75, 3.05) is 12.5 Å². The molecule has 12 heteroatoms. The third-order valence-electron chi connectivity index (χ3n) is 2.46. The quantitative estimate of drug-likeness (QED) is 0.311. The van der Waals surface area contributed by atoms with Crippen LogP contribution in [-0.4, -0.2) is 34.5 Å². The summed E-state index contributed by atoms with van der Waals surface area (Å²) in [5, 5.41) is 25.1. The number of carbonyl (C=O) groups is 2. The number of primary amides is 1. The van der Waals surface area contributed by atoms with Crippen LogP contribution in [-0.2, 0) is 14.3 Å². The van der Waals surface area contributed by atoms with Crippen molar-refractivity contribution in [3.63, 3.8) is 0 Å². The summed E-state index contributed by atoms with van der Waals surface area (Å²) < 4.78 is 4.39. The topological polar surface area (TPSA) is 180 Å². The van der Waals surface area contributed by atoms with E-state index in [0.717, 1.165) is 25.3 Å². The molecule has 0 saturated heterocycles. The van der Waals surface area contributed by atoms with Gasteiger partial charge in [0, 0.05) is 6.07 Å². The van der Waals surface area contributed by atoms with Crippen molar-refractivity contribution in [1.29, 1.82) is 0 Å². The minimum absolute atomic E-state index is 0.216. The minimum Gasteiger partial charge on any atom is -0.464 e. The van der Waals surface area contributed by atoms with Crippen molar-refractivity contribution in [3.8, 4) is 0 Å². The Morgan fingerprint density at radius 2 is 1.96 bits per heavy atom. The first-order valence-corrected chi connectivity index (χ1v) is 5.88. The number of nitrogens with two attached hydrogens (primary N) is 1. The first kappa shape index (κ1) is 17.5. The van der Waals surface area contributed by atoms with Crippen LogP contribution in [0.15, 0.2) is 23.3 Å². The lowest BCUT2D eigenvalue weighted by molar-refractivity contribution is -0.393. The average molecular weight is 325 g/mol. The summed E-state index contributed by atoms with van der Waals surface area (Å²) in [5.74, 6) is -1.82. The van der Waals surface area contributed by atoms with E-state index >= 15 is 0 Å². The fourth-order valence-corrected chi connectivity index (χ4v) is 1.45. The van der Waals surface area contributed by atoms with E-state index < -0.39 is 45.2 Å².